The van der Waals surface area contributed by atoms with Crippen molar-refractivity contribution in [1.82, 2.24) is 0 Å². The maximum Gasteiger partial charge on any atom is 0.354 e. The van der Waals surface area contributed by atoms with E-state index in [4.69, 9.17) is 42.6 Å². The average molecular weight is 645 g/mol. The van der Waals surface area contributed by atoms with E-state index in [1.807, 2.05) is 41.5 Å². The van der Waals surface area contributed by atoms with E-state index in [-0.39, 0.29) is 46.1 Å². The number of hydrogen-bond donors (Lipinski definition) is 0. The van der Waals surface area contributed by atoms with Gasteiger partial charge in [-0.15, -0.1) is 0 Å². The molecule has 0 aromatic heterocycles. The van der Waals surface area contributed by atoms with Crippen LogP contribution in [0.15, 0.2) is 38.0 Å². The molecule has 0 rings (SSSR count). The van der Waals surface area contributed by atoms with Crippen LogP contribution in [0.4, 0.5) is 0 Å². The topological polar surface area (TPSA) is 134 Å². The van der Waals surface area contributed by atoms with Crippen LogP contribution >= 0.6 is 0 Å². The lowest BCUT2D eigenvalue weighted by Crippen LogP contribution is -2.79. The smallest absolute Gasteiger partial charge is 0.354 e. The van der Waals surface area contributed by atoms with Gasteiger partial charge in [-0.1, -0.05) is 68.2 Å². The Labute approximate surface area is 269 Å². The van der Waals surface area contributed by atoms with Crippen LogP contribution in [0.3, 0.4) is 0 Å². The maximum atomic E-state index is 13.3. The van der Waals surface area contributed by atoms with Crippen molar-refractivity contribution in [3.63, 3.8) is 0 Å². The molecule has 45 heavy (non-hydrogen) atoms. The second-order valence-electron chi connectivity index (χ2n) is 9.89. The van der Waals surface area contributed by atoms with Gasteiger partial charge in [0.15, 0.2) is 0 Å². The number of carbonyl (C=O) groups is 3. The molecule has 0 N–H and O–H groups in total. The molecule has 0 bridgehead atoms. The fraction of sp³-hybridized carbons (Fsp3) is 0.727. The number of rotatable bonds is 28. The van der Waals surface area contributed by atoms with E-state index in [1.165, 1.54) is 0 Å². The first-order chi connectivity index (χ1) is 21.5. The molecule has 0 aliphatic rings. The maximum absolute atomic E-state index is 13.3. The molecule has 0 saturated carbocycles. The number of hydrogen-bond acceptors (Lipinski definition) is 12. The first-order valence-corrected chi connectivity index (χ1v) is 15.9. The van der Waals surface area contributed by atoms with Crippen LogP contribution in [0.2, 0.25) is 0 Å². The molecule has 0 unspecified atom stereocenters. The van der Waals surface area contributed by atoms with Crippen molar-refractivity contribution in [1.29, 1.82) is 0 Å². The summed E-state index contributed by atoms with van der Waals surface area (Å²) in [6.07, 6.45) is 4.95. The van der Waals surface area contributed by atoms with Gasteiger partial charge in [0.05, 0.1) is 39.6 Å². The Bertz CT molecular complexity index is 779. The van der Waals surface area contributed by atoms with Gasteiger partial charge in [-0.2, -0.15) is 0 Å². The van der Waals surface area contributed by atoms with Crippen LogP contribution in [-0.4, -0.2) is 75.5 Å². The number of ether oxygens (including phenoxy) is 9. The van der Waals surface area contributed by atoms with Gasteiger partial charge >= 0.3 is 35.8 Å². The molecule has 12 nitrogen and oxygen atoms in total. The van der Waals surface area contributed by atoms with Gasteiger partial charge in [0, 0.05) is 18.2 Å². The summed E-state index contributed by atoms with van der Waals surface area (Å²) in [7, 11) is 0. The molecule has 0 heterocycles. The third-order valence-corrected chi connectivity index (χ3v) is 6.28. The summed E-state index contributed by atoms with van der Waals surface area (Å²) in [5.41, 5.74) is -2.43. The molecule has 0 spiro atoms. The van der Waals surface area contributed by atoms with Crippen LogP contribution < -0.4 is 0 Å². The Morgan fingerprint density at radius 1 is 0.444 bits per heavy atom. The average Bonchev–Trinajstić information content (AvgIpc) is 3.05. The third kappa shape index (κ3) is 10.5. The Hall–Kier alpha value is -2.61. The van der Waals surface area contributed by atoms with Crippen molar-refractivity contribution in [2.45, 2.75) is 111 Å². The molecule has 0 saturated heterocycles. The Kier molecular flexibility index (Phi) is 20.7. The molecular weight excluding hydrogens is 588 g/mol. The summed E-state index contributed by atoms with van der Waals surface area (Å²) in [4.78, 5) is 39.8. The minimum absolute atomic E-state index is 0.0596. The van der Waals surface area contributed by atoms with Crippen molar-refractivity contribution in [3.8, 4) is 0 Å². The van der Waals surface area contributed by atoms with Gasteiger partial charge in [-0.3, -0.25) is 0 Å². The lowest BCUT2D eigenvalue weighted by molar-refractivity contribution is -0.583. The van der Waals surface area contributed by atoms with Crippen molar-refractivity contribution >= 4 is 17.9 Å². The standard InChI is InChI=1S/C33H56O12/c1-11-21-37-31(38-22-12-2,43-27(34)17-7)30(20-10,32(39-23-13-3,40-24-14-4)44-28(35)18-8)33(41-25-15-5,42-26-16-6)45-29(36)19-9/h17-19H,7-9,11-16,20-26H2,1-6,10H3. The van der Waals surface area contributed by atoms with Gasteiger partial charge < -0.3 is 42.6 Å². The SMILES string of the molecule is C=CC(=O)OC(OCCC)(OCCC)C(CC)(C(OCCC)(OCCC)OC(=O)C=C)C(OCCC)(OCCC)OC(=O)C=C. The Balaban J connectivity index is 8.98. The van der Waals surface area contributed by atoms with Gasteiger partial charge in [0.1, 0.15) is 0 Å². The molecule has 0 aromatic carbocycles. The van der Waals surface area contributed by atoms with Crippen molar-refractivity contribution in [2.24, 2.45) is 5.41 Å². The van der Waals surface area contributed by atoms with E-state index in [1.54, 1.807) is 6.92 Å². The first kappa shape index (κ1) is 42.4. The zero-order valence-corrected chi connectivity index (χ0v) is 28.4. The molecule has 0 radical (unpaired) electrons. The van der Waals surface area contributed by atoms with Crippen molar-refractivity contribution < 1.29 is 57.0 Å². The minimum atomic E-state index is -2.62. The quantitative estimate of drug-likeness (QED) is 0.0422. The van der Waals surface area contributed by atoms with E-state index < -0.39 is 41.2 Å². The molecule has 0 atom stereocenters. The highest BCUT2D eigenvalue weighted by atomic mass is 16.9. The van der Waals surface area contributed by atoms with Gasteiger partial charge in [-0.05, 0) is 44.9 Å². The summed E-state index contributed by atoms with van der Waals surface area (Å²) in [5.74, 6) is -10.8. The van der Waals surface area contributed by atoms with E-state index in [0.717, 1.165) is 18.2 Å². The third-order valence-electron chi connectivity index (χ3n) is 6.28. The molecule has 0 fully saturated rings. The predicted octanol–water partition coefficient (Wildman–Crippen LogP) is 6.09. The van der Waals surface area contributed by atoms with Crippen LogP contribution in [0.5, 0.6) is 0 Å². The van der Waals surface area contributed by atoms with Gasteiger partial charge in [0.2, 0.25) is 0 Å². The normalized spacial score (nSPS) is 12.3. The Morgan fingerprint density at radius 2 is 0.644 bits per heavy atom. The van der Waals surface area contributed by atoms with Gasteiger partial charge in [-0.25, -0.2) is 14.4 Å². The lowest BCUT2D eigenvalue weighted by atomic mass is 9.74. The minimum Gasteiger partial charge on any atom is -0.403 e. The van der Waals surface area contributed by atoms with Crippen LogP contribution in [-0.2, 0) is 57.0 Å². The molecule has 0 aromatic rings. The van der Waals surface area contributed by atoms with Gasteiger partial charge in [0.25, 0.3) is 5.41 Å². The zero-order chi connectivity index (χ0) is 34.4. The summed E-state index contributed by atoms with van der Waals surface area (Å²) in [6.45, 7) is 22.9. The molecule has 0 aliphatic carbocycles. The summed E-state index contributed by atoms with van der Waals surface area (Å²) >= 11 is 0. The first-order valence-electron chi connectivity index (χ1n) is 15.9. The highest BCUT2D eigenvalue weighted by Gasteiger charge is 2.84. The fourth-order valence-electron chi connectivity index (χ4n) is 4.46. The summed E-state index contributed by atoms with van der Waals surface area (Å²) in [6, 6.07) is 0. The molecule has 0 aliphatic heterocycles. The van der Waals surface area contributed by atoms with Crippen LogP contribution in [0, 0.1) is 5.41 Å². The molecular formula is C33H56O12. The Morgan fingerprint density at radius 3 is 0.778 bits per heavy atom. The molecule has 0 amide bonds. The van der Waals surface area contributed by atoms with Crippen LogP contribution in [0.1, 0.15) is 93.4 Å². The second-order valence-corrected chi connectivity index (χ2v) is 9.89. The number of carbonyl (C=O) groups excluding carboxylic acids is 3. The highest BCUT2D eigenvalue weighted by Crippen LogP contribution is 2.60. The largest absolute Gasteiger partial charge is 0.403 e. The van der Waals surface area contributed by atoms with E-state index in [9.17, 15) is 14.4 Å². The molecule has 260 valence electrons. The van der Waals surface area contributed by atoms with E-state index in [2.05, 4.69) is 19.7 Å². The van der Waals surface area contributed by atoms with Crippen LogP contribution in [0.25, 0.3) is 0 Å². The zero-order valence-electron chi connectivity index (χ0n) is 28.4. The van der Waals surface area contributed by atoms with Crippen molar-refractivity contribution in [2.75, 3.05) is 39.6 Å². The van der Waals surface area contributed by atoms with E-state index >= 15 is 0 Å². The second kappa shape index (κ2) is 22.0. The number of esters is 3. The fourth-order valence-corrected chi connectivity index (χ4v) is 4.46. The highest BCUT2D eigenvalue weighted by molar-refractivity contribution is 5.82. The van der Waals surface area contributed by atoms with Crippen molar-refractivity contribution in [3.05, 3.63) is 38.0 Å². The summed E-state index contributed by atoms with van der Waals surface area (Å²) < 4.78 is 56.6. The predicted molar refractivity (Wildman–Crippen MR) is 167 cm³/mol. The monoisotopic (exact) mass is 644 g/mol. The van der Waals surface area contributed by atoms with E-state index in [0.29, 0.717) is 38.5 Å². The lowest BCUT2D eigenvalue weighted by Gasteiger charge is -2.58. The molecule has 12 heteroatoms. The summed E-state index contributed by atoms with van der Waals surface area (Å²) in [5, 5.41) is 0.